The molecule has 0 aromatic heterocycles. The predicted octanol–water partition coefficient (Wildman–Crippen LogP) is 1.47. The summed E-state index contributed by atoms with van der Waals surface area (Å²) in [5.74, 6) is 0.0185. The number of sulfone groups is 1. The first-order valence-corrected chi connectivity index (χ1v) is 8.58. The standard InChI is InChI=1S/C14H17N3O3S/c1-2-8-17-13(18)16-12(15)14(17)7-9-21(19,20)11-6-4-3-5-10(11)14/h3-6H,2,7-9H2,1H3,(H2,15,16,18). The number of carbonyl (C=O) groups is 1. The molecular weight excluding hydrogens is 290 g/mol. The average Bonchev–Trinajstić information content (AvgIpc) is 2.68. The van der Waals surface area contributed by atoms with Crippen LogP contribution in [0.15, 0.2) is 29.2 Å². The molecule has 0 radical (unpaired) electrons. The van der Waals surface area contributed by atoms with Crippen LogP contribution in [0.5, 0.6) is 0 Å². The van der Waals surface area contributed by atoms with Crippen LogP contribution in [-0.2, 0) is 15.4 Å². The van der Waals surface area contributed by atoms with Gasteiger partial charge in [0.2, 0.25) is 0 Å². The van der Waals surface area contributed by atoms with Crippen LogP contribution in [0.25, 0.3) is 0 Å². The van der Waals surface area contributed by atoms with E-state index in [-0.39, 0.29) is 28.9 Å². The van der Waals surface area contributed by atoms with Gasteiger partial charge in [-0.25, -0.2) is 13.2 Å². The Morgan fingerprint density at radius 1 is 1.38 bits per heavy atom. The Balaban J connectivity index is 2.26. The van der Waals surface area contributed by atoms with Crippen molar-refractivity contribution in [3.63, 3.8) is 0 Å². The van der Waals surface area contributed by atoms with Crippen molar-refractivity contribution in [3.8, 4) is 0 Å². The Kier molecular flexibility index (Phi) is 3.05. The number of hydrogen-bond acceptors (Lipinski definition) is 4. The minimum atomic E-state index is -3.35. The van der Waals surface area contributed by atoms with Crippen molar-refractivity contribution < 1.29 is 13.2 Å². The van der Waals surface area contributed by atoms with Crippen LogP contribution in [0.3, 0.4) is 0 Å². The maximum atomic E-state index is 12.3. The summed E-state index contributed by atoms with van der Waals surface area (Å²) in [6, 6.07) is 6.38. The number of rotatable bonds is 2. The zero-order valence-electron chi connectivity index (χ0n) is 11.7. The summed E-state index contributed by atoms with van der Waals surface area (Å²) in [7, 11) is -3.35. The fourth-order valence-electron chi connectivity index (χ4n) is 3.25. The Labute approximate surface area is 123 Å². The van der Waals surface area contributed by atoms with E-state index in [1.54, 1.807) is 29.2 Å². The van der Waals surface area contributed by atoms with Crippen molar-refractivity contribution in [2.24, 2.45) is 0 Å². The molecule has 1 atom stereocenters. The minimum Gasteiger partial charge on any atom is -0.307 e. The highest BCUT2D eigenvalue weighted by Gasteiger charge is 2.55. The number of nitrogens with zero attached hydrogens (tertiary/aromatic N) is 1. The zero-order chi connectivity index (χ0) is 15.3. The summed E-state index contributed by atoms with van der Waals surface area (Å²) >= 11 is 0. The number of carbonyl (C=O) groups excluding carboxylic acids is 1. The number of amides is 2. The lowest BCUT2D eigenvalue weighted by Gasteiger charge is -2.40. The minimum absolute atomic E-state index is 0.0540. The molecule has 2 heterocycles. The van der Waals surface area contributed by atoms with Crippen LogP contribution in [0, 0.1) is 5.41 Å². The number of amidine groups is 1. The maximum absolute atomic E-state index is 12.3. The van der Waals surface area contributed by atoms with Gasteiger partial charge < -0.3 is 4.90 Å². The van der Waals surface area contributed by atoms with Gasteiger partial charge in [0.25, 0.3) is 0 Å². The second-order valence-electron chi connectivity index (χ2n) is 5.38. The van der Waals surface area contributed by atoms with Crippen LogP contribution in [-0.4, -0.2) is 37.5 Å². The van der Waals surface area contributed by atoms with Gasteiger partial charge in [0.15, 0.2) is 9.84 Å². The summed E-state index contributed by atoms with van der Waals surface area (Å²) in [6.45, 7) is 2.44. The summed E-state index contributed by atoms with van der Waals surface area (Å²) in [6.07, 6.45) is 0.973. The quantitative estimate of drug-likeness (QED) is 0.867. The van der Waals surface area contributed by atoms with Crippen molar-refractivity contribution in [1.29, 1.82) is 5.41 Å². The van der Waals surface area contributed by atoms with Gasteiger partial charge >= 0.3 is 6.03 Å². The number of nitrogens with one attached hydrogen (secondary N) is 2. The first-order valence-electron chi connectivity index (χ1n) is 6.93. The van der Waals surface area contributed by atoms with Gasteiger partial charge in [0.1, 0.15) is 11.4 Å². The third-order valence-corrected chi connectivity index (χ3v) is 5.97. The van der Waals surface area contributed by atoms with Crippen molar-refractivity contribution in [2.45, 2.75) is 30.2 Å². The Hall–Kier alpha value is -1.89. The van der Waals surface area contributed by atoms with Crippen LogP contribution >= 0.6 is 0 Å². The molecule has 2 aliphatic rings. The van der Waals surface area contributed by atoms with E-state index in [0.717, 1.165) is 6.42 Å². The van der Waals surface area contributed by atoms with E-state index in [0.29, 0.717) is 12.1 Å². The fourth-order valence-corrected chi connectivity index (χ4v) is 4.89. The third-order valence-electron chi connectivity index (χ3n) is 4.20. The lowest BCUT2D eigenvalue weighted by Crippen LogP contribution is -2.51. The van der Waals surface area contributed by atoms with Crippen molar-refractivity contribution in [2.75, 3.05) is 12.3 Å². The highest BCUT2D eigenvalue weighted by Crippen LogP contribution is 2.44. The lowest BCUT2D eigenvalue weighted by atomic mass is 9.84. The topological polar surface area (TPSA) is 90.3 Å². The van der Waals surface area contributed by atoms with Gasteiger partial charge in [-0.15, -0.1) is 0 Å². The largest absolute Gasteiger partial charge is 0.323 e. The predicted molar refractivity (Wildman–Crippen MR) is 78.0 cm³/mol. The van der Waals surface area contributed by atoms with Crippen molar-refractivity contribution >= 4 is 21.7 Å². The Morgan fingerprint density at radius 2 is 2.10 bits per heavy atom. The van der Waals surface area contributed by atoms with Crippen molar-refractivity contribution in [3.05, 3.63) is 29.8 Å². The lowest BCUT2D eigenvalue weighted by molar-refractivity contribution is 0.167. The van der Waals surface area contributed by atoms with E-state index in [1.807, 2.05) is 6.92 Å². The first kappa shape index (κ1) is 14.1. The first-order chi connectivity index (χ1) is 9.93. The monoisotopic (exact) mass is 307 g/mol. The summed E-state index contributed by atoms with van der Waals surface area (Å²) in [5.41, 5.74) is -0.428. The van der Waals surface area contributed by atoms with Gasteiger partial charge in [0, 0.05) is 12.1 Å². The second kappa shape index (κ2) is 4.56. The molecule has 1 saturated heterocycles. The smallest absolute Gasteiger partial charge is 0.307 e. The number of urea groups is 1. The van der Waals surface area contributed by atoms with Crippen LogP contribution < -0.4 is 5.32 Å². The van der Waals surface area contributed by atoms with E-state index < -0.39 is 15.4 Å². The summed E-state index contributed by atoms with van der Waals surface area (Å²) < 4.78 is 24.5. The molecule has 6 nitrogen and oxygen atoms in total. The molecule has 1 aromatic rings. The highest BCUT2D eigenvalue weighted by atomic mass is 32.2. The maximum Gasteiger partial charge on any atom is 0.323 e. The third kappa shape index (κ3) is 1.80. The molecule has 0 saturated carbocycles. The number of benzene rings is 1. The molecule has 2 aliphatic heterocycles. The molecule has 2 N–H and O–H groups in total. The normalized spacial score (nSPS) is 26.8. The molecule has 1 unspecified atom stereocenters. The van der Waals surface area contributed by atoms with Gasteiger partial charge in [0.05, 0.1) is 10.6 Å². The average molecular weight is 307 g/mol. The molecule has 3 rings (SSSR count). The van der Waals surface area contributed by atoms with Crippen LogP contribution in [0.4, 0.5) is 4.79 Å². The van der Waals surface area contributed by atoms with E-state index >= 15 is 0 Å². The molecule has 2 amide bonds. The van der Waals surface area contributed by atoms with Gasteiger partial charge in [-0.3, -0.25) is 10.7 Å². The van der Waals surface area contributed by atoms with E-state index in [2.05, 4.69) is 5.32 Å². The van der Waals surface area contributed by atoms with Gasteiger partial charge in [-0.05, 0) is 18.9 Å². The molecule has 1 spiro atoms. The van der Waals surface area contributed by atoms with Crippen LogP contribution in [0.1, 0.15) is 25.3 Å². The highest BCUT2D eigenvalue weighted by molar-refractivity contribution is 7.91. The Morgan fingerprint density at radius 3 is 2.81 bits per heavy atom. The molecule has 112 valence electrons. The van der Waals surface area contributed by atoms with E-state index in [9.17, 15) is 13.2 Å². The van der Waals surface area contributed by atoms with Crippen LogP contribution in [0.2, 0.25) is 0 Å². The Bertz CT molecular complexity index is 729. The molecule has 1 fully saturated rings. The molecule has 0 bridgehead atoms. The SMILES string of the molecule is CCCN1C(=O)NC(=N)C12CCS(=O)(=O)c1ccccc12. The van der Waals surface area contributed by atoms with E-state index in [4.69, 9.17) is 5.41 Å². The van der Waals surface area contributed by atoms with Crippen molar-refractivity contribution in [1.82, 2.24) is 10.2 Å². The second-order valence-corrected chi connectivity index (χ2v) is 7.46. The molecule has 21 heavy (non-hydrogen) atoms. The number of hydrogen-bond donors (Lipinski definition) is 2. The molecule has 0 aliphatic carbocycles. The van der Waals surface area contributed by atoms with Gasteiger partial charge in [-0.1, -0.05) is 25.1 Å². The van der Waals surface area contributed by atoms with Gasteiger partial charge in [-0.2, -0.15) is 0 Å². The molecule has 1 aromatic carbocycles. The molecular formula is C14H17N3O3S. The summed E-state index contributed by atoms with van der Waals surface area (Å²) in [4.78, 5) is 14.0. The molecule has 7 heteroatoms. The van der Waals surface area contributed by atoms with E-state index in [1.165, 1.54) is 0 Å². The summed E-state index contributed by atoms with van der Waals surface area (Å²) in [5, 5.41) is 10.8. The number of fused-ring (bicyclic) bond motifs is 2. The fraction of sp³-hybridized carbons (Fsp3) is 0.429. The zero-order valence-corrected chi connectivity index (χ0v) is 12.5.